The van der Waals surface area contributed by atoms with E-state index in [1.54, 1.807) is 6.07 Å². The molecule has 3 nitrogen and oxygen atoms in total. The minimum absolute atomic E-state index is 0.367. The fourth-order valence-corrected chi connectivity index (χ4v) is 2.60. The summed E-state index contributed by atoms with van der Waals surface area (Å²) in [6.45, 7) is 2.51. The Bertz CT molecular complexity index is 652. The number of aryl methyl sites for hydroxylation is 1. The van der Waals surface area contributed by atoms with Crippen LogP contribution >= 0.6 is 11.3 Å². The first-order valence-electron chi connectivity index (χ1n) is 5.73. The van der Waals surface area contributed by atoms with Crippen LogP contribution in [-0.4, -0.2) is 11.1 Å². The Kier molecular flexibility index (Phi) is 3.88. The van der Waals surface area contributed by atoms with Gasteiger partial charge in [0.05, 0.1) is 0 Å². The molecule has 96 valence electrons. The van der Waals surface area contributed by atoms with Gasteiger partial charge in [-0.15, -0.1) is 17.8 Å². The third kappa shape index (κ3) is 3.15. The van der Waals surface area contributed by atoms with Gasteiger partial charge in [0.2, 0.25) is 0 Å². The van der Waals surface area contributed by atoms with Crippen molar-refractivity contribution >= 4 is 23.0 Å². The number of thiophene rings is 1. The van der Waals surface area contributed by atoms with Crippen molar-refractivity contribution in [2.24, 2.45) is 0 Å². The second-order valence-electron chi connectivity index (χ2n) is 4.08. The summed E-state index contributed by atoms with van der Waals surface area (Å²) in [5.74, 6) is 1.70. The first kappa shape index (κ1) is 13.2. The van der Waals surface area contributed by atoms with Crippen LogP contribution in [0, 0.1) is 19.3 Å². The Hall–Kier alpha value is -2.25. The standard InChI is InChI=1S/C15H13NO2S/c1-3-11-5-4-6-13(7-11)16-9-12-8-14(15(17)18)19-10(12)2/h1,4-8,16H,9H2,2H3,(H,17,18). The molecule has 0 atom stereocenters. The molecular formula is C15H13NO2S. The highest BCUT2D eigenvalue weighted by atomic mass is 32.1. The van der Waals surface area contributed by atoms with E-state index in [-0.39, 0.29) is 0 Å². The highest BCUT2D eigenvalue weighted by Crippen LogP contribution is 2.22. The predicted molar refractivity (Wildman–Crippen MR) is 77.7 cm³/mol. The number of carbonyl (C=O) groups is 1. The molecule has 1 aromatic heterocycles. The fourth-order valence-electron chi connectivity index (χ4n) is 1.72. The molecule has 1 heterocycles. The summed E-state index contributed by atoms with van der Waals surface area (Å²) in [5.41, 5.74) is 2.74. The first-order chi connectivity index (χ1) is 9.10. The molecule has 0 bridgehead atoms. The second-order valence-corrected chi connectivity index (χ2v) is 5.33. The van der Waals surface area contributed by atoms with Crippen molar-refractivity contribution in [3.63, 3.8) is 0 Å². The van der Waals surface area contributed by atoms with Gasteiger partial charge in [0.15, 0.2) is 0 Å². The van der Waals surface area contributed by atoms with Gasteiger partial charge in [0.25, 0.3) is 0 Å². The molecule has 0 fully saturated rings. The lowest BCUT2D eigenvalue weighted by atomic mass is 10.2. The van der Waals surface area contributed by atoms with Crippen molar-refractivity contribution in [3.8, 4) is 12.3 Å². The van der Waals surface area contributed by atoms with Crippen LogP contribution in [0.2, 0.25) is 0 Å². The van der Waals surface area contributed by atoms with Crippen molar-refractivity contribution in [2.45, 2.75) is 13.5 Å². The SMILES string of the molecule is C#Cc1cccc(NCc2cc(C(=O)O)sc2C)c1. The Labute approximate surface area is 115 Å². The maximum absolute atomic E-state index is 10.9. The molecule has 0 aliphatic rings. The van der Waals surface area contributed by atoms with Crippen LogP contribution in [0.25, 0.3) is 0 Å². The van der Waals surface area contributed by atoms with Crippen molar-refractivity contribution < 1.29 is 9.90 Å². The molecule has 0 spiro atoms. The molecular weight excluding hydrogens is 258 g/mol. The Balaban J connectivity index is 2.10. The molecule has 0 saturated heterocycles. The highest BCUT2D eigenvalue weighted by molar-refractivity contribution is 7.14. The molecule has 0 aliphatic carbocycles. The monoisotopic (exact) mass is 271 g/mol. The van der Waals surface area contributed by atoms with Crippen LogP contribution in [0.4, 0.5) is 5.69 Å². The molecule has 19 heavy (non-hydrogen) atoms. The van der Waals surface area contributed by atoms with Gasteiger partial charge in [-0.25, -0.2) is 4.79 Å². The van der Waals surface area contributed by atoms with E-state index >= 15 is 0 Å². The van der Waals surface area contributed by atoms with Gasteiger partial charge in [0, 0.05) is 22.7 Å². The van der Waals surface area contributed by atoms with Gasteiger partial charge in [-0.2, -0.15) is 0 Å². The van der Waals surface area contributed by atoms with E-state index in [0.717, 1.165) is 21.7 Å². The number of anilines is 1. The number of hydrogen-bond donors (Lipinski definition) is 2. The van der Waals surface area contributed by atoms with E-state index in [2.05, 4.69) is 11.2 Å². The van der Waals surface area contributed by atoms with Crippen molar-refractivity contribution in [3.05, 3.63) is 51.2 Å². The zero-order valence-electron chi connectivity index (χ0n) is 10.4. The maximum atomic E-state index is 10.9. The average molecular weight is 271 g/mol. The lowest BCUT2D eigenvalue weighted by molar-refractivity contribution is 0.0702. The third-order valence-electron chi connectivity index (χ3n) is 2.74. The molecule has 0 radical (unpaired) electrons. The van der Waals surface area contributed by atoms with E-state index in [0.29, 0.717) is 11.4 Å². The van der Waals surface area contributed by atoms with Crippen molar-refractivity contribution in [1.29, 1.82) is 0 Å². The number of hydrogen-bond acceptors (Lipinski definition) is 3. The van der Waals surface area contributed by atoms with Gasteiger partial charge >= 0.3 is 5.97 Å². The molecule has 2 rings (SSSR count). The molecule has 0 aliphatic heterocycles. The number of aromatic carboxylic acids is 1. The number of carboxylic acids is 1. The number of terminal acetylenes is 1. The topological polar surface area (TPSA) is 49.3 Å². The van der Waals surface area contributed by atoms with Crippen molar-refractivity contribution in [1.82, 2.24) is 0 Å². The van der Waals surface area contributed by atoms with Gasteiger partial charge in [-0.05, 0) is 36.8 Å². The molecule has 2 N–H and O–H groups in total. The third-order valence-corrected chi connectivity index (χ3v) is 3.82. The number of nitrogens with one attached hydrogen (secondary N) is 1. The smallest absolute Gasteiger partial charge is 0.345 e. The van der Waals surface area contributed by atoms with Crippen LogP contribution in [0.15, 0.2) is 30.3 Å². The summed E-state index contributed by atoms with van der Waals surface area (Å²) in [4.78, 5) is 12.3. The van der Waals surface area contributed by atoms with E-state index in [1.807, 2.05) is 31.2 Å². The minimum Gasteiger partial charge on any atom is -0.477 e. The predicted octanol–water partition coefficient (Wildman–Crippen LogP) is 3.35. The average Bonchev–Trinajstić information content (AvgIpc) is 2.78. The van der Waals surface area contributed by atoms with Gasteiger partial charge in [-0.3, -0.25) is 0 Å². The summed E-state index contributed by atoms with van der Waals surface area (Å²) in [6, 6.07) is 9.28. The molecule has 2 aromatic rings. The summed E-state index contributed by atoms with van der Waals surface area (Å²) in [7, 11) is 0. The van der Waals surface area contributed by atoms with Crippen LogP contribution < -0.4 is 5.32 Å². The highest BCUT2D eigenvalue weighted by Gasteiger charge is 2.10. The van der Waals surface area contributed by atoms with Gasteiger partial charge in [-0.1, -0.05) is 12.0 Å². The zero-order valence-corrected chi connectivity index (χ0v) is 11.3. The molecule has 0 saturated carbocycles. The van der Waals surface area contributed by atoms with Crippen LogP contribution in [0.1, 0.15) is 25.7 Å². The summed E-state index contributed by atoms with van der Waals surface area (Å²) >= 11 is 1.29. The molecule has 4 heteroatoms. The fraction of sp³-hybridized carbons (Fsp3) is 0.133. The van der Waals surface area contributed by atoms with Crippen molar-refractivity contribution in [2.75, 3.05) is 5.32 Å². The Morgan fingerprint density at radius 3 is 2.89 bits per heavy atom. The quantitative estimate of drug-likeness (QED) is 0.838. The molecule has 0 unspecified atom stereocenters. The minimum atomic E-state index is -0.881. The van der Waals surface area contributed by atoms with Gasteiger partial charge in [0.1, 0.15) is 4.88 Å². The normalized spacial score (nSPS) is 9.89. The van der Waals surface area contributed by atoms with Crippen LogP contribution in [0.5, 0.6) is 0 Å². The zero-order chi connectivity index (χ0) is 13.8. The Morgan fingerprint density at radius 1 is 1.47 bits per heavy atom. The summed E-state index contributed by atoms with van der Waals surface area (Å²) < 4.78 is 0. The van der Waals surface area contributed by atoms with Crippen LogP contribution in [0.3, 0.4) is 0 Å². The lowest BCUT2D eigenvalue weighted by Crippen LogP contribution is -1.99. The second kappa shape index (κ2) is 5.59. The number of benzene rings is 1. The summed E-state index contributed by atoms with van der Waals surface area (Å²) in [6.07, 6.45) is 5.35. The van der Waals surface area contributed by atoms with Gasteiger partial charge < -0.3 is 10.4 Å². The summed E-state index contributed by atoms with van der Waals surface area (Å²) in [5, 5.41) is 12.2. The van der Waals surface area contributed by atoms with Crippen LogP contribution in [-0.2, 0) is 6.54 Å². The first-order valence-corrected chi connectivity index (χ1v) is 6.55. The van der Waals surface area contributed by atoms with E-state index in [9.17, 15) is 4.79 Å². The number of carboxylic acid groups (broad SMARTS) is 1. The van der Waals surface area contributed by atoms with E-state index in [4.69, 9.17) is 11.5 Å². The van der Waals surface area contributed by atoms with E-state index in [1.165, 1.54) is 11.3 Å². The largest absolute Gasteiger partial charge is 0.477 e. The molecule has 0 amide bonds. The lowest BCUT2D eigenvalue weighted by Gasteiger charge is -2.06. The van der Waals surface area contributed by atoms with E-state index < -0.39 is 5.97 Å². The number of rotatable bonds is 4. The Morgan fingerprint density at radius 2 is 2.26 bits per heavy atom. The molecule has 1 aromatic carbocycles. The maximum Gasteiger partial charge on any atom is 0.345 e.